The van der Waals surface area contributed by atoms with Gasteiger partial charge in [0, 0.05) is 30.4 Å². The Labute approximate surface area is 106 Å². The van der Waals surface area contributed by atoms with Gasteiger partial charge < -0.3 is 10.6 Å². The molecule has 1 aromatic carbocycles. The first-order chi connectivity index (χ1) is 8.29. The van der Waals surface area contributed by atoms with Gasteiger partial charge in [-0.25, -0.2) is 0 Å². The highest BCUT2D eigenvalue weighted by molar-refractivity contribution is 5.51. The van der Waals surface area contributed by atoms with E-state index in [0.717, 1.165) is 6.07 Å². The van der Waals surface area contributed by atoms with Crippen LogP contribution in [0.25, 0.3) is 0 Å². The molecule has 5 nitrogen and oxygen atoms in total. The Morgan fingerprint density at radius 2 is 2.00 bits per heavy atom. The third-order valence-electron chi connectivity index (χ3n) is 2.25. The molecule has 0 saturated carbocycles. The molecule has 0 aliphatic rings. The van der Waals surface area contributed by atoms with Crippen LogP contribution in [0.1, 0.15) is 20.8 Å². The Bertz CT molecular complexity index is 430. The Morgan fingerprint density at radius 3 is 2.56 bits per heavy atom. The number of nitro benzene ring substituents is 1. The molecule has 0 saturated heterocycles. The van der Waals surface area contributed by atoms with Gasteiger partial charge in [-0.1, -0.05) is 0 Å². The molecule has 100 valence electrons. The summed E-state index contributed by atoms with van der Waals surface area (Å²) in [5.74, 6) is -0.821. The van der Waals surface area contributed by atoms with Crippen LogP contribution >= 0.6 is 0 Å². The Hall–Kier alpha value is -1.69. The van der Waals surface area contributed by atoms with Crippen LogP contribution in [0, 0.1) is 15.9 Å². The molecule has 1 rings (SSSR count). The van der Waals surface area contributed by atoms with Gasteiger partial charge in [0.1, 0.15) is 0 Å². The first kappa shape index (κ1) is 14.4. The monoisotopic (exact) mass is 255 g/mol. The van der Waals surface area contributed by atoms with Crippen LogP contribution in [0.2, 0.25) is 0 Å². The molecule has 0 aliphatic carbocycles. The second-order valence-electron chi connectivity index (χ2n) is 5.03. The maximum atomic E-state index is 13.1. The lowest BCUT2D eigenvalue weighted by Gasteiger charge is -2.20. The maximum absolute atomic E-state index is 13.1. The summed E-state index contributed by atoms with van der Waals surface area (Å²) in [6.45, 7) is 7.48. The van der Waals surface area contributed by atoms with Crippen molar-refractivity contribution >= 4 is 11.4 Å². The number of anilines is 1. The molecule has 0 amide bonds. The van der Waals surface area contributed by atoms with Crippen LogP contribution in [0.4, 0.5) is 15.8 Å². The summed E-state index contributed by atoms with van der Waals surface area (Å²) < 4.78 is 13.1. The summed E-state index contributed by atoms with van der Waals surface area (Å²) in [5, 5.41) is 16.8. The van der Waals surface area contributed by atoms with E-state index in [9.17, 15) is 14.5 Å². The lowest BCUT2D eigenvalue weighted by molar-refractivity contribution is -0.387. The second kappa shape index (κ2) is 5.77. The van der Waals surface area contributed by atoms with E-state index in [4.69, 9.17) is 0 Å². The van der Waals surface area contributed by atoms with Crippen molar-refractivity contribution < 1.29 is 9.31 Å². The number of rotatable bonds is 5. The highest BCUT2D eigenvalue weighted by atomic mass is 19.1. The molecule has 0 spiro atoms. The standard InChI is InChI=1S/C12H18FN3O2/c1-12(2,3)15-7-6-14-9-4-5-10(13)11(8-9)16(17)18/h4-5,8,14-15H,6-7H2,1-3H3. The van der Waals surface area contributed by atoms with Gasteiger partial charge in [0.25, 0.3) is 0 Å². The quantitative estimate of drug-likeness (QED) is 0.482. The highest BCUT2D eigenvalue weighted by Crippen LogP contribution is 2.21. The first-order valence-electron chi connectivity index (χ1n) is 5.72. The lowest BCUT2D eigenvalue weighted by Crippen LogP contribution is -2.38. The normalized spacial score (nSPS) is 11.3. The summed E-state index contributed by atoms with van der Waals surface area (Å²) in [5.41, 5.74) is 0.0545. The minimum absolute atomic E-state index is 0.0243. The van der Waals surface area contributed by atoms with Crippen molar-refractivity contribution in [1.82, 2.24) is 5.32 Å². The van der Waals surface area contributed by atoms with Crippen molar-refractivity contribution in [3.05, 3.63) is 34.1 Å². The summed E-state index contributed by atoms with van der Waals surface area (Å²) in [6.07, 6.45) is 0. The zero-order valence-corrected chi connectivity index (χ0v) is 10.8. The molecule has 0 aromatic heterocycles. The van der Waals surface area contributed by atoms with Gasteiger partial charge in [-0.2, -0.15) is 4.39 Å². The van der Waals surface area contributed by atoms with E-state index in [2.05, 4.69) is 31.4 Å². The van der Waals surface area contributed by atoms with E-state index in [1.807, 2.05) is 0 Å². The van der Waals surface area contributed by atoms with Gasteiger partial charge in [-0.3, -0.25) is 10.1 Å². The second-order valence-corrected chi connectivity index (χ2v) is 5.03. The van der Waals surface area contributed by atoms with E-state index in [-0.39, 0.29) is 5.54 Å². The topological polar surface area (TPSA) is 67.2 Å². The van der Waals surface area contributed by atoms with Crippen LogP contribution in [0.5, 0.6) is 0 Å². The predicted molar refractivity (Wildman–Crippen MR) is 69.3 cm³/mol. The predicted octanol–water partition coefficient (Wildman–Crippen LogP) is 2.53. The molecule has 0 fully saturated rings. The molecule has 0 radical (unpaired) electrons. The average molecular weight is 255 g/mol. The summed E-state index contributed by atoms with van der Waals surface area (Å²) in [6, 6.07) is 3.78. The van der Waals surface area contributed by atoms with E-state index >= 15 is 0 Å². The number of nitro groups is 1. The molecule has 2 N–H and O–H groups in total. The van der Waals surface area contributed by atoms with Crippen molar-refractivity contribution in [2.24, 2.45) is 0 Å². The molecule has 0 bridgehead atoms. The number of hydrogen-bond donors (Lipinski definition) is 2. The van der Waals surface area contributed by atoms with Crippen LogP contribution in [0.3, 0.4) is 0 Å². The fourth-order valence-electron chi connectivity index (χ4n) is 1.41. The minimum Gasteiger partial charge on any atom is -0.384 e. The van der Waals surface area contributed by atoms with Gasteiger partial charge in [0.05, 0.1) is 4.92 Å². The fourth-order valence-corrected chi connectivity index (χ4v) is 1.41. The summed E-state index contributed by atoms with van der Waals surface area (Å²) >= 11 is 0. The van der Waals surface area contributed by atoms with Gasteiger partial charge in [-0.15, -0.1) is 0 Å². The smallest absolute Gasteiger partial charge is 0.306 e. The van der Waals surface area contributed by atoms with Gasteiger partial charge in [0.15, 0.2) is 0 Å². The Kier molecular flexibility index (Phi) is 4.61. The molecule has 0 atom stereocenters. The molecular formula is C12H18FN3O2. The molecule has 0 unspecified atom stereocenters. The average Bonchev–Trinajstić information content (AvgIpc) is 2.24. The van der Waals surface area contributed by atoms with Gasteiger partial charge >= 0.3 is 5.69 Å². The van der Waals surface area contributed by atoms with Crippen LogP contribution in [-0.4, -0.2) is 23.6 Å². The highest BCUT2D eigenvalue weighted by Gasteiger charge is 2.14. The maximum Gasteiger partial charge on any atom is 0.306 e. The number of benzene rings is 1. The van der Waals surface area contributed by atoms with Crippen molar-refractivity contribution in [2.45, 2.75) is 26.3 Å². The molecule has 6 heteroatoms. The molecule has 0 aliphatic heterocycles. The zero-order valence-electron chi connectivity index (χ0n) is 10.8. The number of hydrogen-bond acceptors (Lipinski definition) is 4. The summed E-state index contributed by atoms with van der Waals surface area (Å²) in [4.78, 5) is 9.83. The number of halogens is 1. The molecular weight excluding hydrogens is 237 g/mol. The first-order valence-corrected chi connectivity index (χ1v) is 5.72. The number of nitrogens with one attached hydrogen (secondary N) is 2. The van der Waals surface area contributed by atoms with Crippen molar-refractivity contribution in [2.75, 3.05) is 18.4 Å². The molecule has 18 heavy (non-hydrogen) atoms. The molecule has 1 aromatic rings. The van der Waals surface area contributed by atoms with Crippen molar-refractivity contribution in [1.29, 1.82) is 0 Å². The van der Waals surface area contributed by atoms with E-state index < -0.39 is 16.4 Å². The van der Waals surface area contributed by atoms with E-state index in [1.165, 1.54) is 12.1 Å². The van der Waals surface area contributed by atoms with Crippen molar-refractivity contribution in [3.63, 3.8) is 0 Å². The van der Waals surface area contributed by atoms with E-state index in [1.54, 1.807) is 0 Å². The lowest BCUT2D eigenvalue weighted by atomic mass is 10.1. The molecule has 0 heterocycles. The van der Waals surface area contributed by atoms with Crippen LogP contribution in [0.15, 0.2) is 18.2 Å². The van der Waals surface area contributed by atoms with Gasteiger partial charge in [-0.05, 0) is 32.9 Å². The third-order valence-corrected chi connectivity index (χ3v) is 2.25. The zero-order chi connectivity index (χ0) is 13.8. The Morgan fingerprint density at radius 1 is 1.33 bits per heavy atom. The number of nitrogens with zero attached hydrogens (tertiary/aromatic N) is 1. The largest absolute Gasteiger partial charge is 0.384 e. The summed E-state index contributed by atoms with van der Waals surface area (Å²) in [7, 11) is 0. The third kappa shape index (κ3) is 4.67. The fraction of sp³-hybridized carbons (Fsp3) is 0.500. The minimum atomic E-state index is -0.821. The SMILES string of the molecule is CC(C)(C)NCCNc1ccc(F)c([N+](=O)[O-])c1. The van der Waals surface area contributed by atoms with E-state index in [0.29, 0.717) is 18.8 Å². The Balaban J connectivity index is 2.53. The van der Waals surface area contributed by atoms with Crippen LogP contribution in [-0.2, 0) is 0 Å². The van der Waals surface area contributed by atoms with Crippen LogP contribution < -0.4 is 10.6 Å². The van der Waals surface area contributed by atoms with Crippen molar-refractivity contribution in [3.8, 4) is 0 Å². The van der Waals surface area contributed by atoms with Gasteiger partial charge in [0.2, 0.25) is 5.82 Å².